The van der Waals surface area contributed by atoms with Crippen LogP contribution in [0.3, 0.4) is 0 Å². The van der Waals surface area contributed by atoms with E-state index >= 15 is 0 Å². The Morgan fingerprint density at radius 2 is 2.00 bits per heavy atom. The second kappa shape index (κ2) is 4.82. The third-order valence-corrected chi connectivity index (χ3v) is 2.11. The first kappa shape index (κ1) is 13.2. The summed E-state index contributed by atoms with van der Waals surface area (Å²) in [6.45, 7) is -3.11. The number of hydrogen-bond donors (Lipinski definition) is 1. The Labute approximate surface area is 103 Å². The lowest BCUT2D eigenvalue weighted by Crippen LogP contribution is -2.04. The van der Waals surface area contributed by atoms with Gasteiger partial charge in [0.1, 0.15) is 17.1 Å². The molecule has 0 saturated carbocycles. The zero-order valence-electron chi connectivity index (χ0n) is 9.08. The van der Waals surface area contributed by atoms with Crippen molar-refractivity contribution in [3.05, 3.63) is 30.1 Å². The molecule has 0 saturated heterocycles. The highest BCUT2D eigenvalue weighted by atomic mass is 19.4. The van der Waals surface area contributed by atoms with Crippen molar-refractivity contribution >= 4 is 0 Å². The average molecular weight is 279 g/mol. The van der Waals surface area contributed by atoms with Gasteiger partial charge in [0.25, 0.3) is 0 Å². The molecule has 0 aliphatic rings. The molecular weight excluding hydrogens is 273 g/mol. The minimum Gasteiger partial charge on any atom is -0.432 e. The van der Waals surface area contributed by atoms with Gasteiger partial charge in [-0.3, -0.25) is 10.1 Å². The fourth-order valence-electron chi connectivity index (χ4n) is 1.36. The van der Waals surface area contributed by atoms with E-state index < -0.39 is 18.5 Å². The summed E-state index contributed by atoms with van der Waals surface area (Å²) in [5, 5.41) is 5.16. The van der Waals surface area contributed by atoms with Crippen LogP contribution < -0.4 is 4.74 Å². The van der Waals surface area contributed by atoms with Gasteiger partial charge in [-0.05, 0) is 18.2 Å². The molecule has 0 aliphatic heterocycles. The second-order valence-corrected chi connectivity index (χ2v) is 3.39. The lowest BCUT2D eigenvalue weighted by Gasteiger charge is -2.07. The first-order valence-corrected chi connectivity index (χ1v) is 4.90. The van der Waals surface area contributed by atoms with Crippen LogP contribution in [0.25, 0.3) is 11.4 Å². The highest BCUT2D eigenvalue weighted by Gasteiger charge is 2.33. The van der Waals surface area contributed by atoms with Crippen LogP contribution in [0.4, 0.5) is 22.0 Å². The number of hydrogen-bond acceptors (Lipinski definition) is 3. The predicted octanol–water partition coefficient (Wildman–Crippen LogP) is 3.09. The molecule has 19 heavy (non-hydrogen) atoms. The SMILES string of the molecule is FC(F)Oc1cccnc1-c1cc(C(F)(F)F)[nH]n1. The highest BCUT2D eigenvalue weighted by molar-refractivity contribution is 5.62. The molecule has 0 aliphatic carbocycles. The molecule has 1 N–H and O–H groups in total. The Morgan fingerprint density at radius 1 is 1.26 bits per heavy atom. The topological polar surface area (TPSA) is 50.8 Å². The molecule has 2 aromatic rings. The van der Waals surface area contributed by atoms with E-state index in [2.05, 4.69) is 14.8 Å². The molecule has 102 valence electrons. The average Bonchev–Trinajstić information content (AvgIpc) is 2.77. The number of H-pyrrole nitrogens is 1. The molecule has 0 fully saturated rings. The minimum absolute atomic E-state index is 0.199. The summed E-state index contributed by atoms with van der Waals surface area (Å²) in [5.74, 6) is -0.349. The van der Waals surface area contributed by atoms with Crippen LogP contribution in [-0.2, 0) is 6.18 Å². The molecule has 9 heteroatoms. The summed E-state index contributed by atoms with van der Waals surface area (Å²) in [4.78, 5) is 3.69. The smallest absolute Gasteiger partial charge is 0.432 e. The molecule has 0 aromatic carbocycles. The molecule has 2 aromatic heterocycles. The summed E-state index contributed by atoms with van der Waals surface area (Å²) >= 11 is 0. The van der Waals surface area contributed by atoms with Crippen molar-refractivity contribution < 1.29 is 26.7 Å². The summed E-state index contributed by atoms with van der Waals surface area (Å²) in [7, 11) is 0. The van der Waals surface area contributed by atoms with E-state index in [1.165, 1.54) is 12.3 Å². The van der Waals surface area contributed by atoms with Crippen molar-refractivity contribution in [3.63, 3.8) is 0 Å². The van der Waals surface area contributed by atoms with E-state index in [0.29, 0.717) is 6.07 Å². The number of ether oxygens (including phenoxy) is 1. The van der Waals surface area contributed by atoms with E-state index in [0.717, 1.165) is 6.07 Å². The Bertz CT molecular complexity index is 566. The van der Waals surface area contributed by atoms with Crippen molar-refractivity contribution in [2.45, 2.75) is 12.8 Å². The normalized spacial score (nSPS) is 11.9. The summed E-state index contributed by atoms with van der Waals surface area (Å²) in [6, 6.07) is 3.15. The van der Waals surface area contributed by atoms with Crippen molar-refractivity contribution in [1.29, 1.82) is 0 Å². The molecule has 2 rings (SSSR count). The second-order valence-electron chi connectivity index (χ2n) is 3.39. The maximum absolute atomic E-state index is 12.4. The Kier molecular flexibility index (Phi) is 3.36. The number of halogens is 5. The van der Waals surface area contributed by atoms with Gasteiger partial charge in [-0.1, -0.05) is 0 Å². The van der Waals surface area contributed by atoms with E-state index in [4.69, 9.17) is 0 Å². The molecule has 4 nitrogen and oxygen atoms in total. The van der Waals surface area contributed by atoms with Gasteiger partial charge in [0.15, 0.2) is 5.75 Å². The number of nitrogens with one attached hydrogen (secondary N) is 1. The van der Waals surface area contributed by atoms with Gasteiger partial charge in [0.2, 0.25) is 0 Å². The molecule has 0 spiro atoms. The predicted molar refractivity (Wildman–Crippen MR) is 53.5 cm³/mol. The summed E-state index contributed by atoms with van der Waals surface area (Å²) < 4.78 is 65.6. The molecule has 0 amide bonds. The molecule has 0 bridgehead atoms. The van der Waals surface area contributed by atoms with Crippen molar-refractivity contribution in [1.82, 2.24) is 15.2 Å². The fourth-order valence-corrected chi connectivity index (χ4v) is 1.36. The molecule has 2 heterocycles. The van der Waals surface area contributed by atoms with E-state index in [9.17, 15) is 22.0 Å². The number of alkyl halides is 5. The minimum atomic E-state index is -4.61. The lowest BCUT2D eigenvalue weighted by molar-refractivity contribution is -0.141. The van der Waals surface area contributed by atoms with Crippen LogP contribution in [-0.4, -0.2) is 21.8 Å². The van der Waals surface area contributed by atoms with Crippen LogP contribution in [0.15, 0.2) is 24.4 Å². The van der Waals surface area contributed by atoms with Gasteiger partial charge in [0, 0.05) is 6.20 Å². The van der Waals surface area contributed by atoms with E-state index in [-0.39, 0.29) is 17.1 Å². The number of nitrogens with zero attached hydrogens (tertiary/aromatic N) is 2. The first-order chi connectivity index (χ1) is 8.88. The maximum Gasteiger partial charge on any atom is 0.432 e. The lowest BCUT2D eigenvalue weighted by atomic mass is 10.2. The zero-order valence-corrected chi connectivity index (χ0v) is 9.08. The van der Waals surface area contributed by atoms with Crippen molar-refractivity contribution in [2.24, 2.45) is 0 Å². The van der Waals surface area contributed by atoms with Crippen LogP contribution in [0.1, 0.15) is 5.69 Å². The van der Waals surface area contributed by atoms with Gasteiger partial charge >= 0.3 is 12.8 Å². The Morgan fingerprint density at radius 3 is 2.58 bits per heavy atom. The number of aromatic nitrogens is 3. The van der Waals surface area contributed by atoms with Crippen molar-refractivity contribution in [3.8, 4) is 17.1 Å². The third-order valence-electron chi connectivity index (χ3n) is 2.11. The summed E-state index contributed by atoms with van der Waals surface area (Å²) in [6.07, 6.45) is -3.38. The first-order valence-electron chi connectivity index (χ1n) is 4.90. The van der Waals surface area contributed by atoms with E-state index in [1.807, 2.05) is 0 Å². The van der Waals surface area contributed by atoms with Crippen LogP contribution in [0, 0.1) is 0 Å². The van der Waals surface area contributed by atoms with Gasteiger partial charge in [0.05, 0.1) is 0 Å². The molecular formula is C10H6F5N3O. The van der Waals surface area contributed by atoms with Gasteiger partial charge in [-0.15, -0.1) is 0 Å². The quantitative estimate of drug-likeness (QED) is 0.878. The third kappa shape index (κ3) is 2.98. The van der Waals surface area contributed by atoms with E-state index in [1.54, 1.807) is 5.10 Å². The highest BCUT2D eigenvalue weighted by Crippen LogP contribution is 2.32. The summed E-state index contributed by atoms with van der Waals surface area (Å²) in [5.41, 5.74) is -1.53. The molecule has 0 atom stereocenters. The molecule has 0 radical (unpaired) electrons. The molecule has 0 unspecified atom stereocenters. The maximum atomic E-state index is 12.4. The van der Waals surface area contributed by atoms with Gasteiger partial charge < -0.3 is 4.74 Å². The largest absolute Gasteiger partial charge is 0.432 e. The Balaban J connectivity index is 2.39. The fraction of sp³-hybridized carbons (Fsp3) is 0.200. The zero-order chi connectivity index (χ0) is 14.0. The van der Waals surface area contributed by atoms with Gasteiger partial charge in [-0.2, -0.15) is 27.1 Å². The van der Waals surface area contributed by atoms with Crippen LogP contribution >= 0.6 is 0 Å². The van der Waals surface area contributed by atoms with Crippen LogP contribution in [0.5, 0.6) is 5.75 Å². The monoisotopic (exact) mass is 279 g/mol. The number of rotatable bonds is 3. The standard InChI is InChI=1S/C10H6F5N3O/c11-9(12)19-6-2-1-3-16-8(6)5-4-7(18-17-5)10(13,14)15/h1-4,9H,(H,17,18). The van der Waals surface area contributed by atoms with Crippen LogP contribution in [0.2, 0.25) is 0 Å². The van der Waals surface area contributed by atoms with Gasteiger partial charge in [-0.25, -0.2) is 0 Å². The number of pyridine rings is 1. The van der Waals surface area contributed by atoms with Crippen molar-refractivity contribution in [2.75, 3.05) is 0 Å². The Hall–Kier alpha value is -2.19. The number of aromatic amines is 1.